The number of nitrogens with one attached hydrogen (secondary N) is 1. The Labute approximate surface area is 129 Å². The molecule has 0 amide bonds. The molecule has 1 saturated heterocycles. The average Bonchev–Trinajstić information content (AvgIpc) is 2.81. The van der Waals surface area contributed by atoms with Crippen LogP contribution in [0.5, 0.6) is 0 Å². The molecule has 0 aliphatic carbocycles. The summed E-state index contributed by atoms with van der Waals surface area (Å²) in [6.45, 7) is 6.84. The average molecular weight is 345 g/mol. The zero-order valence-corrected chi connectivity index (χ0v) is 13.9. The lowest BCUT2D eigenvalue weighted by Crippen LogP contribution is -2.44. The van der Waals surface area contributed by atoms with E-state index < -0.39 is 0 Å². The molecule has 0 bridgehead atoms. The largest absolute Gasteiger partial charge is 0.381 e. The first-order valence-corrected chi connectivity index (χ1v) is 8.28. The third-order valence-corrected chi connectivity index (χ3v) is 5.07. The van der Waals surface area contributed by atoms with E-state index in [2.05, 4.69) is 45.0 Å². The molecule has 1 unspecified atom stereocenters. The number of hydrogen-bond donors (Lipinski definition) is 2. The summed E-state index contributed by atoms with van der Waals surface area (Å²) in [7, 11) is 0. The van der Waals surface area contributed by atoms with E-state index in [4.69, 9.17) is 10.6 Å². The second-order valence-electron chi connectivity index (χ2n) is 5.30. The maximum Gasteiger partial charge on any atom is 0.0766 e. The second-order valence-corrected chi connectivity index (χ2v) is 6.10. The number of aryl methyl sites for hydroxylation is 2. The van der Waals surface area contributed by atoms with Gasteiger partial charge in [0, 0.05) is 32.2 Å². The van der Waals surface area contributed by atoms with Crippen LogP contribution in [0.25, 0.3) is 0 Å². The zero-order valence-electron chi connectivity index (χ0n) is 12.4. The SMILES string of the molecule is CCc1nn(CC)c(CC(NN)C2CCOCC2)c1Br. The second kappa shape index (κ2) is 7.54. The van der Waals surface area contributed by atoms with Gasteiger partial charge >= 0.3 is 0 Å². The molecule has 1 fully saturated rings. The first-order valence-electron chi connectivity index (χ1n) is 7.49. The predicted octanol–water partition coefficient (Wildman–Crippen LogP) is 2.03. The monoisotopic (exact) mass is 344 g/mol. The summed E-state index contributed by atoms with van der Waals surface area (Å²) in [5.74, 6) is 6.37. The van der Waals surface area contributed by atoms with Crippen LogP contribution in [0.2, 0.25) is 0 Å². The highest BCUT2D eigenvalue weighted by atomic mass is 79.9. The van der Waals surface area contributed by atoms with Gasteiger partial charge in [-0.25, -0.2) is 0 Å². The normalized spacial score (nSPS) is 18.4. The van der Waals surface area contributed by atoms with Gasteiger partial charge in [0.25, 0.3) is 0 Å². The van der Waals surface area contributed by atoms with Crippen molar-refractivity contribution >= 4 is 15.9 Å². The van der Waals surface area contributed by atoms with Crippen LogP contribution in [0, 0.1) is 5.92 Å². The standard InChI is InChI=1S/C14H25BrN4O/c1-3-11-14(15)13(19(4-2)18-11)9-12(17-16)10-5-7-20-8-6-10/h10,12,17H,3-9,16H2,1-2H3. The van der Waals surface area contributed by atoms with Crippen molar-refractivity contribution in [2.75, 3.05) is 13.2 Å². The Bertz CT molecular complexity index is 429. The summed E-state index contributed by atoms with van der Waals surface area (Å²) in [6.07, 6.45) is 4.00. The van der Waals surface area contributed by atoms with Crippen LogP contribution in [-0.2, 0) is 24.1 Å². The van der Waals surface area contributed by atoms with Crippen molar-refractivity contribution in [1.29, 1.82) is 0 Å². The quantitative estimate of drug-likeness (QED) is 0.612. The minimum atomic E-state index is 0.280. The van der Waals surface area contributed by atoms with E-state index in [9.17, 15) is 0 Å². The highest BCUT2D eigenvalue weighted by molar-refractivity contribution is 9.10. The van der Waals surface area contributed by atoms with Gasteiger partial charge in [0.1, 0.15) is 0 Å². The summed E-state index contributed by atoms with van der Waals surface area (Å²) in [5.41, 5.74) is 5.39. The Morgan fingerprint density at radius 2 is 2.15 bits per heavy atom. The van der Waals surface area contributed by atoms with Crippen molar-refractivity contribution in [2.45, 2.75) is 52.1 Å². The molecule has 5 nitrogen and oxygen atoms in total. The van der Waals surface area contributed by atoms with Crippen LogP contribution in [0.4, 0.5) is 0 Å². The summed E-state index contributed by atoms with van der Waals surface area (Å²) in [6, 6.07) is 0.280. The lowest BCUT2D eigenvalue weighted by Gasteiger charge is -2.30. The fraction of sp³-hybridized carbons (Fsp3) is 0.786. The molecule has 1 aromatic heterocycles. The molecule has 1 aliphatic heterocycles. The first kappa shape index (κ1) is 15.9. The van der Waals surface area contributed by atoms with Crippen molar-refractivity contribution in [3.8, 4) is 0 Å². The van der Waals surface area contributed by atoms with E-state index in [1.54, 1.807) is 0 Å². The van der Waals surface area contributed by atoms with E-state index in [0.29, 0.717) is 5.92 Å². The lowest BCUT2D eigenvalue weighted by molar-refractivity contribution is 0.0535. The number of rotatable bonds is 6. The van der Waals surface area contributed by atoms with Gasteiger partial charge in [0.15, 0.2) is 0 Å². The molecule has 2 rings (SSSR count). The summed E-state index contributed by atoms with van der Waals surface area (Å²) in [5, 5.41) is 4.66. The Hall–Kier alpha value is -0.430. The maximum atomic E-state index is 5.80. The Balaban J connectivity index is 2.15. The summed E-state index contributed by atoms with van der Waals surface area (Å²) < 4.78 is 8.68. The van der Waals surface area contributed by atoms with Crippen LogP contribution in [-0.4, -0.2) is 29.0 Å². The molecule has 20 heavy (non-hydrogen) atoms. The zero-order chi connectivity index (χ0) is 14.5. The molecule has 3 N–H and O–H groups in total. The Morgan fingerprint density at radius 1 is 1.45 bits per heavy atom. The number of nitrogens with two attached hydrogens (primary N) is 1. The minimum Gasteiger partial charge on any atom is -0.381 e. The van der Waals surface area contributed by atoms with Crippen molar-refractivity contribution < 1.29 is 4.74 Å². The number of hydrazine groups is 1. The van der Waals surface area contributed by atoms with Crippen molar-refractivity contribution in [2.24, 2.45) is 11.8 Å². The molecule has 0 spiro atoms. The summed E-state index contributed by atoms with van der Waals surface area (Å²) in [4.78, 5) is 0. The van der Waals surface area contributed by atoms with Gasteiger partial charge in [-0.1, -0.05) is 6.92 Å². The van der Waals surface area contributed by atoms with Crippen molar-refractivity contribution in [1.82, 2.24) is 15.2 Å². The van der Waals surface area contributed by atoms with E-state index >= 15 is 0 Å². The highest BCUT2D eigenvalue weighted by Crippen LogP contribution is 2.27. The molecule has 0 aromatic carbocycles. The fourth-order valence-electron chi connectivity index (χ4n) is 2.90. The number of ether oxygens (including phenoxy) is 1. The highest BCUT2D eigenvalue weighted by Gasteiger charge is 2.26. The molecule has 2 heterocycles. The van der Waals surface area contributed by atoms with Gasteiger partial charge in [-0.3, -0.25) is 16.0 Å². The molecular formula is C14H25BrN4O. The van der Waals surface area contributed by atoms with E-state index in [1.165, 1.54) is 5.69 Å². The van der Waals surface area contributed by atoms with E-state index in [1.807, 2.05) is 0 Å². The Morgan fingerprint density at radius 3 is 2.70 bits per heavy atom. The molecule has 1 aliphatic rings. The number of halogens is 1. The van der Waals surface area contributed by atoms with Crippen LogP contribution in [0.3, 0.4) is 0 Å². The maximum absolute atomic E-state index is 5.80. The number of nitrogens with zero attached hydrogens (tertiary/aromatic N) is 2. The number of aromatic nitrogens is 2. The Kier molecular flexibility index (Phi) is 6.01. The molecular weight excluding hydrogens is 320 g/mol. The molecule has 6 heteroatoms. The molecule has 114 valence electrons. The van der Waals surface area contributed by atoms with E-state index in [-0.39, 0.29) is 6.04 Å². The van der Waals surface area contributed by atoms with Crippen LogP contribution in [0.1, 0.15) is 38.1 Å². The van der Waals surface area contributed by atoms with Gasteiger partial charge in [0.05, 0.1) is 15.9 Å². The third-order valence-electron chi connectivity index (χ3n) is 4.16. The molecule has 1 atom stereocenters. The third kappa shape index (κ3) is 3.42. The first-order chi connectivity index (χ1) is 9.71. The minimum absolute atomic E-state index is 0.280. The smallest absolute Gasteiger partial charge is 0.0766 e. The van der Waals surface area contributed by atoms with Crippen LogP contribution >= 0.6 is 15.9 Å². The predicted molar refractivity (Wildman–Crippen MR) is 83.3 cm³/mol. The van der Waals surface area contributed by atoms with Crippen LogP contribution < -0.4 is 11.3 Å². The summed E-state index contributed by atoms with van der Waals surface area (Å²) >= 11 is 3.71. The van der Waals surface area contributed by atoms with Crippen LogP contribution in [0.15, 0.2) is 4.47 Å². The van der Waals surface area contributed by atoms with Gasteiger partial charge in [-0.05, 0) is 48.0 Å². The lowest BCUT2D eigenvalue weighted by atomic mass is 9.89. The molecule has 0 saturated carbocycles. The van der Waals surface area contributed by atoms with Gasteiger partial charge < -0.3 is 4.74 Å². The van der Waals surface area contributed by atoms with Crippen molar-refractivity contribution in [3.05, 3.63) is 15.9 Å². The van der Waals surface area contributed by atoms with Crippen molar-refractivity contribution in [3.63, 3.8) is 0 Å². The van der Waals surface area contributed by atoms with Gasteiger partial charge in [-0.15, -0.1) is 0 Å². The van der Waals surface area contributed by atoms with E-state index in [0.717, 1.165) is 55.6 Å². The van der Waals surface area contributed by atoms with Gasteiger partial charge in [0.2, 0.25) is 0 Å². The topological polar surface area (TPSA) is 65.1 Å². The molecule has 1 aromatic rings. The fourth-order valence-corrected chi connectivity index (χ4v) is 3.63. The van der Waals surface area contributed by atoms with Gasteiger partial charge in [-0.2, -0.15) is 5.10 Å². The number of hydrogen-bond acceptors (Lipinski definition) is 4. The molecule has 0 radical (unpaired) electrons.